The summed E-state index contributed by atoms with van der Waals surface area (Å²) >= 11 is 0. The lowest BCUT2D eigenvalue weighted by Gasteiger charge is -2.34. The summed E-state index contributed by atoms with van der Waals surface area (Å²) in [7, 11) is 0. The smallest absolute Gasteiger partial charge is 0.404 e. The minimum Gasteiger partial charge on any atom is -0.465 e. The van der Waals surface area contributed by atoms with Gasteiger partial charge in [-0.3, -0.25) is 9.69 Å². The zero-order chi connectivity index (χ0) is 18.7. The lowest BCUT2D eigenvalue weighted by atomic mass is 10.0. The van der Waals surface area contributed by atoms with E-state index in [4.69, 9.17) is 10.4 Å². The first kappa shape index (κ1) is 17.9. The summed E-state index contributed by atoms with van der Waals surface area (Å²) < 4.78 is 15.7. The predicted octanol–water partition coefficient (Wildman–Crippen LogP) is 1.55. The summed E-state index contributed by atoms with van der Waals surface area (Å²) in [5, 5.41) is 20.9. The maximum Gasteiger partial charge on any atom is 0.404 e. The molecule has 0 bridgehead atoms. The summed E-state index contributed by atoms with van der Waals surface area (Å²) in [4.78, 5) is 24.8. The molecule has 0 radical (unpaired) electrons. The van der Waals surface area contributed by atoms with Gasteiger partial charge in [0.25, 0.3) is 5.56 Å². The SMILES string of the molecule is N#Cc1ccc2ccc(=O)n(CCN3CCC(NC(=O)O)C(F)C3)c2c1. The molecule has 2 heterocycles. The number of alkyl halides is 1. The van der Waals surface area contributed by atoms with Crippen LogP contribution >= 0.6 is 0 Å². The van der Waals surface area contributed by atoms with Gasteiger partial charge in [0.05, 0.1) is 23.2 Å². The number of carboxylic acid groups (broad SMARTS) is 1. The molecular formula is C18H19FN4O3. The summed E-state index contributed by atoms with van der Waals surface area (Å²) in [5.41, 5.74) is 0.976. The Kier molecular flexibility index (Phi) is 5.19. The fourth-order valence-corrected chi connectivity index (χ4v) is 3.32. The van der Waals surface area contributed by atoms with Crippen molar-refractivity contribution in [3.63, 3.8) is 0 Å². The molecule has 2 N–H and O–H groups in total. The number of hydrogen-bond donors (Lipinski definition) is 2. The Morgan fingerprint density at radius 1 is 1.35 bits per heavy atom. The Bertz CT molecular complexity index is 921. The van der Waals surface area contributed by atoms with Crippen molar-refractivity contribution in [3.05, 3.63) is 46.2 Å². The van der Waals surface area contributed by atoms with Crippen LogP contribution in [0.25, 0.3) is 10.9 Å². The monoisotopic (exact) mass is 358 g/mol. The van der Waals surface area contributed by atoms with Crippen molar-refractivity contribution in [1.82, 2.24) is 14.8 Å². The van der Waals surface area contributed by atoms with Gasteiger partial charge < -0.3 is 15.0 Å². The van der Waals surface area contributed by atoms with Crippen LogP contribution in [0.2, 0.25) is 0 Å². The number of hydrogen-bond acceptors (Lipinski definition) is 4. The van der Waals surface area contributed by atoms with Gasteiger partial charge in [-0.2, -0.15) is 5.26 Å². The van der Waals surface area contributed by atoms with Crippen LogP contribution in [0.3, 0.4) is 0 Å². The Morgan fingerprint density at radius 2 is 2.12 bits per heavy atom. The predicted molar refractivity (Wildman–Crippen MR) is 93.8 cm³/mol. The number of halogens is 1. The number of likely N-dealkylation sites (tertiary alicyclic amines) is 1. The topological polar surface area (TPSA) is 98.4 Å². The Balaban J connectivity index is 1.72. The second kappa shape index (κ2) is 7.54. The van der Waals surface area contributed by atoms with Crippen LogP contribution in [0.1, 0.15) is 12.0 Å². The number of pyridine rings is 1. The van der Waals surface area contributed by atoms with Gasteiger partial charge in [0, 0.05) is 32.2 Å². The normalized spacial score (nSPS) is 20.6. The Hall–Kier alpha value is -2.92. The number of piperidine rings is 1. The van der Waals surface area contributed by atoms with Crippen molar-refractivity contribution < 1.29 is 14.3 Å². The van der Waals surface area contributed by atoms with Crippen LogP contribution < -0.4 is 10.9 Å². The van der Waals surface area contributed by atoms with Crippen LogP contribution in [0.4, 0.5) is 9.18 Å². The molecule has 1 aliphatic heterocycles. The third-order valence-electron chi connectivity index (χ3n) is 4.70. The van der Waals surface area contributed by atoms with Crippen LogP contribution in [-0.4, -0.2) is 52.5 Å². The standard InChI is InChI=1S/C18H19FN4O3/c19-14-11-22(6-5-15(14)21-18(25)26)7-8-23-16-9-12(10-20)1-2-13(16)3-4-17(23)24/h1-4,9,14-15,21H,5-8,11H2,(H,25,26). The van der Waals surface area contributed by atoms with E-state index >= 15 is 0 Å². The van der Waals surface area contributed by atoms with Crippen molar-refractivity contribution in [2.24, 2.45) is 0 Å². The van der Waals surface area contributed by atoms with Crippen LogP contribution in [0, 0.1) is 11.3 Å². The maximum atomic E-state index is 14.1. The number of rotatable bonds is 4. The molecule has 2 aromatic rings. The van der Waals surface area contributed by atoms with Gasteiger partial charge in [0.1, 0.15) is 6.17 Å². The summed E-state index contributed by atoms with van der Waals surface area (Å²) in [6.07, 6.45) is -2.12. The highest BCUT2D eigenvalue weighted by molar-refractivity contribution is 5.80. The minimum absolute atomic E-state index is 0.119. The molecule has 1 amide bonds. The van der Waals surface area contributed by atoms with E-state index in [1.165, 1.54) is 6.07 Å². The number of nitrogens with one attached hydrogen (secondary N) is 1. The van der Waals surface area contributed by atoms with E-state index in [1.54, 1.807) is 28.8 Å². The van der Waals surface area contributed by atoms with Gasteiger partial charge in [-0.1, -0.05) is 6.07 Å². The second-order valence-corrected chi connectivity index (χ2v) is 6.37. The first-order chi connectivity index (χ1) is 12.5. The van der Waals surface area contributed by atoms with E-state index in [0.717, 1.165) is 5.39 Å². The Morgan fingerprint density at radius 3 is 2.81 bits per heavy atom. The first-order valence-corrected chi connectivity index (χ1v) is 8.37. The molecule has 0 spiro atoms. The van der Waals surface area contributed by atoms with Gasteiger partial charge >= 0.3 is 6.09 Å². The zero-order valence-electron chi connectivity index (χ0n) is 14.1. The highest BCUT2D eigenvalue weighted by Gasteiger charge is 2.30. The van der Waals surface area contributed by atoms with Crippen molar-refractivity contribution in [1.29, 1.82) is 5.26 Å². The van der Waals surface area contributed by atoms with Gasteiger partial charge in [0.15, 0.2) is 0 Å². The van der Waals surface area contributed by atoms with Crippen molar-refractivity contribution in [3.8, 4) is 6.07 Å². The van der Waals surface area contributed by atoms with Gasteiger partial charge in [-0.05, 0) is 30.0 Å². The first-order valence-electron chi connectivity index (χ1n) is 8.37. The number of nitriles is 1. The van der Waals surface area contributed by atoms with E-state index in [1.807, 2.05) is 4.90 Å². The van der Waals surface area contributed by atoms with E-state index < -0.39 is 18.3 Å². The Labute approximate surface area is 149 Å². The van der Waals surface area contributed by atoms with Crippen LogP contribution in [-0.2, 0) is 6.54 Å². The molecule has 1 aliphatic rings. The van der Waals surface area contributed by atoms with Crippen molar-refractivity contribution >= 4 is 17.0 Å². The van der Waals surface area contributed by atoms with E-state index in [0.29, 0.717) is 37.1 Å². The van der Waals surface area contributed by atoms with Crippen LogP contribution in [0.15, 0.2) is 35.1 Å². The number of amides is 1. The molecule has 7 nitrogen and oxygen atoms in total. The maximum absolute atomic E-state index is 14.1. The molecule has 1 aromatic heterocycles. The number of nitrogens with zero attached hydrogens (tertiary/aromatic N) is 3. The quantitative estimate of drug-likeness (QED) is 0.864. The van der Waals surface area contributed by atoms with Crippen molar-refractivity contribution in [2.75, 3.05) is 19.6 Å². The van der Waals surface area contributed by atoms with Crippen molar-refractivity contribution in [2.45, 2.75) is 25.2 Å². The van der Waals surface area contributed by atoms with E-state index in [-0.39, 0.29) is 12.1 Å². The average molecular weight is 358 g/mol. The lowest BCUT2D eigenvalue weighted by molar-refractivity contribution is 0.0976. The number of benzene rings is 1. The molecule has 8 heteroatoms. The fourth-order valence-electron chi connectivity index (χ4n) is 3.32. The molecule has 136 valence electrons. The van der Waals surface area contributed by atoms with E-state index in [9.17, 15) is 14.0 Å². The largest absolute Gasteiger partial charge is 0.465 e. The molecule has 0 aliphatic carbocycles. The molecule has 2 unspecified atom stereocenters. The molecule has 1 saturated heterocycles. The molecule has 1 fully saturated rings. The third kappa shape index (κ3) is 3.83. The summed E-state index contributed by atoms with van der Waals surface area (Å²) in [6.45, 7) is 1.51. The third-order valence-corrected chi connectivity index (χ3v) is 4.70. The van der Waals surface area contributed by atoms with Crippen LogP contribution in [0.5, 0.6) is 0 Å². The number of fused-ring (bicyclic) bond motifs is 1. The second-order valence-electron chi connectivity index (χ2n) is 6.37. The molecule has 3 rings (SSSR count). The highest BCUT2D eigenvalue weighted by Crippen LogP contribution is 2.16. The number of carbonyl (C=O) groups is 1. The summed E-state index contributed by atoms with van der Waals surface area (Å²) in [6, 6.07) is 9.75. The minimum atomic E-state index is -1.28. The lowest BCUT2D eigenvalue weighted by Crippen LogP contribution is -2.52. The number of aromatic nitrogens is 1. The molecular weight excluding hydrogens is 339 g/mol. The van der Waals surface area contributed by atoms with E-state index in [2.05, 4.69) is 11.4 Å². The van der Waals surface area contributed by atoms with Gasteiger partial charge in [-0.15, -0.1) is 0 Å². The summed E-state index contributed by atoms with van der Waals surface area (Å²) in [5.74, 6) is 0. The average Bonchev–Trinajstić information content (AvgIpc) is 2.62. The molecule has 2 atom stereocenters. The molecule has 1 aromatic carbocycles. The fraction of sp³-hybridized carbons (Fsp3) is 0.389. The van der Waals surface area contributed by atoms with Gasteiger partial charge in [0.2, 0.25) is 0 Å². The molecule has 0 saturated carbocycles. The zero-order valence-corrected chi connectivity index (χ0v) is 14.1. The van der Waals surface area contributed by atoms with Gasteiger partial charge in [-0.25, -0.2) is 9.18 Å². The highest BCUT2D eigenvalue weighted by atomic mass is 19.1. The molecule has 26 heavy (non-hydrogen) atoms.